The highest BCUT2D eigenvalue weighted by Gasteiger charge is 2.65. The van der Waals surface area contributed by atoms with Crippen molar-refractivity contribution in [2.75, 3.05) is 0 Å². The molecule has 14 heavy (non-hydrogen) atoms. The highest BCUT2D eigenvalue weighted by molar-refractivity contribution is 6.71. The van der Waals surface area contributed by atoms with Gasteiger partial charge >= 0.3 is 18.1 Å². The van der Waals surface area contributed by atoms with Gasteiger partial charge in [-0.3, -0.25) is 0 Å². The molecule has 0 saturated heterocycles. The molecule has 0 aromatic heterocycles. The Morgan fingerprint density at radius 3 is 1.64 bits per heavy atom. The van der Waals surface area contributed by atoms with Crippen molar-refractivity contribution in [2.24, 2.45) is 0 Å². The normalized spacial score (nSPS) is 14.0. The fourth-order valence-electron chi connectivity index (χ4n) is 0.458. The predicted molar refractivity (Wildman–Crippen MR) is 40.4 cm³/mol. The minimum atomic E-state index is -5.90. The van der Waals surface area contributed by atoms with E-state index in [0.29, 0.717) is 0 Å². The molecule has 0 aliphatic carbocycles. The molecule has 2 nitrogen and oxygen atoms in total. The first kappa shape index (κ1) is 13.3. The van der Waals surface area contributed by atoms with Gasteiger partial charge in [0, 0.05) is 0 Å². The van der Waals surface area contributed by atoms with Gasteiger partial charge in [-0.15, -0.1) is 0 Å². The monoisotopic (exact) mass is 236 g/mol. The van der Waals surface area contributed by atoms with Crippen molar-refractivity contribution in [2.45, 2.75) is 31.7 Å². The molecule has 0 aromatic rings. The van der Waals surface area contributed by atoms with Crippen LogP contribution in [0.3, 0.4) is 0 Å². The van der Waals surface area contributed by atoms with Crippen LogP contribution in [-0.4, -0.2) is 26.4 Å². The first-order chi connectivity index (χ1) is 5.88. The highest BCUT2D eigenvalue weighted by Crippen LogP contribution is 2.36. The molecule has 0 rings (SSSR count). The Hall–Kier alpha value is -0.663. The maximum absolute atomic E-state index is 12.3. The molecule has 0 bridgehead atoms. The summed E-state index contributed by atoms with van der Waals surface area (Å²) in [5, 5.41) is 0. The fourth-order valence-corrected chi connectivity index (χ4v) is 1.14. The largest absolute Gasteiger partial charge is 0.515 e. The quantitative estimate of drug-likeness (QED) is 0.544. The second kappa shape index (κ2) is 3.48. The Labute approximate surface area is 78.2 Å². The summed E-state index contributed by atoms with van der Waals surface area (Å²) in [5.74, 6) is -7.95. The lowest BCUT2D eigenvalue weighted by atomic mass is 10.3. The molecule has 0 atom stereocenters. The Kier molecular flexibility index (Phi) is 3.32. The van der Waals surface area contributed by atoms with Crippen LogP contribution < -0.4 is 0 Å². The molecule has 0 aromatic carbocycles. The molecule has 0 heterocycles. The molecule has 0 N–H and O–H groups in total. The lowest BCUT2D eigenvalue weighted by Gasteiger charge is -2.23. The highest BCUT2D eigenvalue weighted by atomic mass is 28.4. The summed E-state index contributed by atoms with van der Waals surface area (Å²) in [6.07, 6.45) is -5.90. The third kappa shape index (κ3) is 3.24. The molecule has 0 aliphatic rings. The average Bonchev–Trinajstić information content (AvgIpc) is 1.80. The lowest BCUT2D eigenvalue weighted by Crippen LogP contribution is -2.48. The second-order valence-corrected chi connectivity index (χ2v) is 8.00. The van der Waals surface area contributed by atoms with Gasteiger partial charge in [0.25, 0.3) is 0 Å². The van der Waals surface area contributed by atoms with Gasteiger partial charge in [0.2, 0.25) is 8.32 Å². The maximum Gasteiger partial charge on any atom is 0.465 e. The number of hydrogen-bond donors (Lipinski definition) is 0. The molecule has 0 aliphatic heterocycles. The zero-order valence-electron chi connectivity index (χ0n) is 7.71. The Morgan fingerprint density at radius 1 is 1.07 bits per heavy atom. The fraction of sp³-hybridized carbons (Fsp3) is 0.833. The van der Waals surface area contributed by atoms with Crippen molar-refractivity contribution < 1.29 is 31.2 Å². The van der Waals surface area contributed by atoms with E-state index in [1.807, 2.05) is 0 Å². The van der Waals surface area contributed by atoms with Gasteiger partial charge in [-0.25, -0.2) is 4.79 Å². The van der Waals surface area contributed by atoms with Crippen molar-refractivity contribution in [1.29, 1.82) is 0 Å². The van der Waals surface area contributed by atoms with Crippen LogP contribution in [0.25, 0.3) is 0 Å². The minimum absolute atomic E-state index is 1.33. The molecule has 0 fully saturated rings. The first-order valence-electron chi connectivity index (χ1n) is 3.56. The summed E-state index contributed by atoms with van der Waals surface area (Å²) >= 11 is 0. The van der Waals surface area contributed by atoms with E-state index in [4.69, 9.17) is 0 Å². The molecule has 84 valence electrons. The Balaban J connectivity index is 4.70. The van der Waals surface area contributed by atoms with Gasteiger partial charge in [0.1, 0.15) is 0 Å². The summed E-state index contributed by atoms with van der Waals surface area (Å²) in [5.41, 5.74) is 0. The van der Waals surface area contributed by atoms with Crippen molar-refractivity contribution in [1.82, 2.24) is 0 Å². The van der Waals surface area contributed by atoms with Crippen molar-refractivity contribution >= 4 is 14.3 Å². The van der Waals surface area contributed by atoms with Crippen LogP contribution in [0.1, 0.15) is 0 Å². The zero-order valence-corrected chi connectivity index (χ0v) is 8.71. The number of carbonyl (C=O) groups is 1. The van der Waals surface area contributed by atoms with Crippen LogP contribution >= 0.6 is 0 Å². The van der Waals surface area contributed by atoms with Gasteiger partial charge in [0.15, 0.2) is 0 Å². The molecule has 0 spiro atoms. The SMILES string of the molecule is C[Si](C)(C)OC(=O)C(F)(F)C(F)(F)F. The lowest BCUT2D eigenvalue weighted by molar-refractivity contribution is -0.276. The third-order valence-electron chi connectivity index (χ3n) is 1.01. The van der Waals surface area contributed by atoms with Crippen LogP contribution in [0.2, 0.25) is 19.6 Å². The van der Waals surface area contributed by atoms with Crippen LogP contribution in [-0.2, 0) is 9.22 Å². The summed E-state index contributed by atoms with van der Waals surface area (Å²) in [6.45, 7) is 3.99. The third-order valence-corrected chi connectivity index (χ3v) is 1.81. The number of halogens is 5. The zero-order chi connectivity index (χ0) is 11.8. The summed E-state index contributed by atoms with van der Waals surface area (Å²) in [7, 11) is -2.74. The predicted octanol–water partition coefficient (Wildman–Crippen LogP) is 2.56. The summed E-state index contributed by atoms with van der Waals surface area (Å²) in [4.78, 5) is 10.5. The summed E-state index contributed by atoms with van der Waals surface area (Å²) in [6, 6.07) is 0. The van der Waals surface area contributed by atoms with Gasteiger partial charge in [-0.2, -0.15) is 22.0 Å². The van der Waals surface area contributed by atoms with Crippen LogP contribution in [0, 0.1) is 0 Å². The van der Waals surface area contributed by atoms with E-state index in [9.17, 15) is 26.7 Å². The Morgan fingerprint density at radius 2 is 1.43 bits per heavy atom. The molecule has 0 unspecified atom stereocenters. The van der Waals surface area contributed by atoms with E-state index in [1.165, 1.54) is 19.6 Å². The maximum atomic E-state index is 12.3. The molecule has 0 saturated carbocycles. The number of carbonyl (C=O) groups excluding carboxylic acids is 1. The van der Waals surface area contributed by atoms with Gasteiger partial charge in [-0.1, -0.05) is 0 Å². The smallest absolute Gasteiger partial charge is 0.465 e. The van der Waals surface area contributed by atoms with E-state index in [0.717, 1.165) is 0 Å². The van der Waals surface area contributed by atoms with Crippen molar-refractivity contribution in [3.8, 4) is 0 Å². The van der Waals surface area contributed by atoms with Gasteiger partial charge in [-0.05, 0) is 19.6 Å². The van der Waals surface area contributed by atoms with Gasteiger partial charge < -0.3 is 4.43 Å². The van der Waals surface area contributed by atoms with Crippen molar-refractivity contribution in [3.63, 3.8) is 0 Å². The second-order valence-electron chi connectivity index (χ2n) is 3.57. The summed E-state index contributed by atoms with van der Waals surface area (Å²) < 4.78 is 63.5. The molecular formula is C6H9F5O2Si. The first-order valence-corrected chi connectivity index (χ1v) is 6.97. The number of alkyl halides is 5. The van der Waals surface area contributed by atoms with Crippen molar-refractivity contribution in [3.05, 3.63) is 0 Å². The number of hydrogen-bond acceptors (Lipinski definition) is 2. The molecule has 8 heteroatoms. The standard InChI is InChI=1S/C6H9F5O2Si/c1-14(2,3)13-4(12)5(7,8)6(9,10)11/h1-3H3. The molecule has 0 amide bonds. The van der Waals surface area contributed by atoms with E-state index < -0.39 is 26.4 Å². The Bertz CT molecular complexity index is 229. The molecular weight excluding hydrogens is 227 g/mol. The van der Waals surface area contributed by atoms with E-state index >= 15 is 0 Å². The van der Waals surface area contributed by atoms with Crippen LogP contribution in [0.5, 0.6) is 0 Å². The topological polar surface area (TPSA) is 26.3 Å². The van der Waals surface area contributed by atoms with Crippen LogP contribution in [0.4, 0.5) is 22.0 Å². The van der Waals surface area contributed by atoms with Gasteiger partial charge in [0.05, 0.1) is 0 Å². The minimum Gasteiger partial charge on any atom is -0.515 e. The van der Waals surface area contributed by atoms with E-state index in [1.54, 1.807) is 0 Å². The average molecular weight is 236 g/mol. The number of rotatable bonds is 2. The van der Waals surface area contributed by atoms with E-state index in [2.05, 4.69) is 4.43 Å². The van der Waals surface area contributed by atoms with E-state index in [-0.39, 0.29) is 0 Å². The molecule has 0 radical (unpaired) electrons. The van der Waals surface area contributed by atoms with Crippen LogP contribution in [0.15, 0.2) is 0 Å².